The first-order valence-corrected chi connectivity index (χ1v) is 13.6. The molecule has 0 bridgehead atoms. The van der Waals surface area contributed by atoms with Gasteiger partial charge in [0.1, 0.15) is 23.2 Å². The Kier molecular flexibility index (Phi) is 9.66. The van der Waals surface area contributed by atoms with Gasteiger partial charge in [0.05, 0.1) is 11.4 Å². The molecule has 0 saturated heterocycles. The van der Waals surface area contributed by atoms with Crippen molar-refractivity contribution in [1.82, 2.24) is 15.1 Å². The van der Waals surface area contributed by atoms with E-state index in [1.165, 1.54) is 54.6 Å². The van der Waals surface area contributed by atoms with Crippen LogP contribution in [0.5, 0.6) is 0 Å². The first kappa shape index (κ1) is 33.5. The number of carbonyl (C=O) groups excluding carboxylic acids is 2. The van der Waals surface area contributed by atoms with Crippen LogP contribution in [-0.4, -0.2) is 43.7 Å². The maximum Gasteiger partial charge on any atom is 0.435 e. The summed E-state index contributed by atoms with van der Waals surface area (Å²) in [5, 5.41) is 30.3. The van der Waals surface area contributed by atoms with Crippen LogP contribution in [0.1, 0.15) is 59.7 Å². The minimum absolute atomic E-state index is 0.0135. The zero-order valence-electron chi connectivity index (χ0n) is 24.6. The molecular weight excluding hydrogens is 614 g/mol. The molecule has 3 amide bonds. The van der Waals surface area contributed by atoms with Crippen LogP contribution in [0.4, 0.5) is 38.5 Å². The second kappa shape index (κ2) is 13.3. The van der Waals surface area contributed by atoms with Gasteiger partial charge in [-0.25, -0.2) is 18.7 Å². The summed E-state index contributed by atoms with van der Waals surface area (Å²) in [4.78, 5) is 36.1. The molecule has 1 heterocycles. The van der Waals surface area contributed by atoms with Crippen molar-refractivity contribution in [2.24, 2.45) is 0 Å². The van der Waals surface area contributed by atoms with Crippen molar-refractivity contribution in [3.05, 3.63) is 107 Å². The molecule has 0 radical (unpaired) electrons. The molecule has 0 aliphatic rings. The Morgan fingerprint density at radius 1 is 0.935 bits per heavy atom. The molecule has 46 heavy (non-hydrogen) atoms. The van der Waals surface area contributed by atoms with E-state index in [-0.39, 0.29) is 17.8 Å². The van der Waals surface area contributed by atoms with Crippen LogP contribution in [-0.2, 0) is 17.5 Å². The topological polar surface area (TPSA) is 155 Å². The van der Waals surface area contributed by atoms with Crippen molar-refractivity contribution < 1.29 is 46.9 Å². The van der Waals surface area contributed by atoms with E-state index < -0.39 is 58.9 Å². The zero-order valence-corrected chi connectivity index (χ0v) is 24.6. The third-order valence-electron chi connectivity index (χ3n) is 6.26. The fourth-order valence-corrected chi connectivity index (χ4v) is 4.21. The Hall–Kier alpha value is -5.44. The fraction of sp³-hybridized carbons (Fsp3) is 0.226. The predicted molar refractivity (Wildman–Crippen MR) is 158 cm³/mol. The number of halogens is 4. The lowest BCUT2D eigenvalue weighted by Gasteiger charge is -2.20. The van der Waals surface area contributed by atoms with Crippen molar-refractivity contribution in [3.8, 4) is 5.69 Å². The second-order valence-electron chi connectivity index (χ2n) is 11.0. The van der Waals surface area contributed by atoms with Gasteiger partial charge in [0.25, 0.3) is 5.91 Å². The molecule has 0 aliphatic carbocycles. The zero-order chi connectivity index (χ0) is 33.8. The van der Waals surface area contributed by atoms with Crippen molar-refractivity contribution in [2.75, 3.05) is 10.6 Å². The normalized spacial score (nSPS) is 12.3. The Labute approximate surface area is 259 Å². The van der Waals surface area contributed by atoms with Crippen LogP contribution in [0.15, 0.2) is 72.8 Å². The highest BCUT2D eigenvalue weighted by molar-refractivity contribution is 6.03. The van der Waals surface area contributed by atoms with Gasteiger partial charge in [-0.15, -0.1) is 0 Å². The lowest BCUT2D eigenvalue weighted by atomic mass is 10.0. The molecule has 0 aliphatic heterocycles. The number of carbonyl (C=O) groups is 3. The smallest absolute Gasteiger partial charge is 0.435 e. The van der Waals surface area contributed by atoms with Crippen LogP contribution in [0.25, 0.3) is 5.69 Å². The van der Waals surface area contributed by atoms with Crippen LogP contribution in [0.3, 0.4) is 0 Å². The molecule has 0 saturated carbocycles. The van der Waals surface area contributed by atoms with E-state index in [0.717, 1.165) is 12.1 Å². The Bertz CT molecular complexity index is 1750. The number of aliphatic hydroxyl groups is 1. The minimum atomic E-state index is -4.92. The van der Waals surface area contributed by atoms with Gasteiger partial charge in [0, 0.05) is 18.3 Å². The predicted octanol–water partition coefficient (Wildman–Crippen LogP) is 6.48. The van der Waals surface area contributed by atoms with Gasteiger partial charge >= 0.3 is 18.4 Å². The molecule has 0 fully saturated rings. The molecule has 5 N–H and O–H groups in total. The molecule has 242 valence electrons. The van der Waals surface area contributed by atoms with Gasteiger partial charge < -0.3 is 25.6 Å². The summed E-state index contributed by atoms with van der Waals surface area (Å²) < 4.78 is 61.5. The Morgan fingerprint density at radius 2 is 1.61 bits per heavy atom. The number of aliphatic hydroxyl groups excluding tert-OH is 1. The average molecular weight is 644 g/mol. The Morgan fingerprint density at radius 3 is 2.24 bits per heavy atom. The van der Waals surface area contributed by atoms with Gasteiger partial charge in [-0.05, 0) is 73.9 Å². The van der Waals surface area contributed by atoms with Gasteiger partial charge in [0.15, 0.2) is 5.69 Å². The first-order valence-electron chi connectivity index (χ1n) is 13.6. The van der Waals surface area contributed by atoms with E-state index in [4.69, 9.17) is 9.84 Å². The molecule has 15 heteroatoms. The molecular formula is C31H29F4N5O6. The van der Waals surface area contributed by atoms with E-state index in [0.29, 0.717) is 27.6 Å². The fourth-order valence-electron chi connectivity index (χ4n) is 4.21. The van der Waals surface area contributed by atoms with Crippen molar-refractivity contribution in [2.45, 2.75) is 45.2 Å². The number of hydrogen-bond donors (Lipinski definition) is 5. The number of nitrogens with zero attached hydrogens (tertiary/aromatic N) is 2. The standard InChI is InChI=1S/C31H29F4N5O6/c1-30(2,3)46-29(45)37-20-10-7-18(8-11-20)26(41)19-9-12-22(32)23(14-19)38-27(42)24-15-25(31(33,34)35)39-40(24)21-6-4-5-17(13-21)16-36-28(43)44/h4-15,26,36,41H,16H2,1-3H3,(H,37,45)(H,38,42)(H,43,44). The average Bonchev–Trinajstić information content (AvgIpc) is 3.43. The monoisotopic (exact) mass is 643 g/mol. The summed E-state index contributed by atoms with van der Waals surface area (Å²) in [5.74, 6) is -2.06. The van der Waals surface area contributed by atoms with Gasteiger partial charge in [-0.1, -0.05) is 30.3 Å². The molecule has 1 unspecified atom stereocenters. The molecule has 3 aromatic carbocycles. The third kappa shape index (κ3) is 8.59. The number of alkyl halides is 3. The van der Waals surface area contributed by atoms with Crippen LogP contribution >= 0.6 is 0 Å². The van der Waals surface area contributed by atoms with Crippen molar-refractivity contribution in [1.29, 1.82) is 0 Å². The van der Waals surface area contributed by atoms with E-state index in [1.54, 1.807) is 20.8 Å². The minimum Gasteiger partial charge on any atom is -0.465 e. The highest BCUT2D eigenvalue weighted by Gasteiger charge is 2.36. The van der Waals surface area contributed by atoms with Crippen LogP contribution in [0.2, 0.25) is 0 Å². The lowest BCUT2D eigenvalue weighted by Crippen LogP contribution is -2.27. The summed E-state index contributed by atoms with van der Waals surface area (Å²) >= 11 is 0. The van der Waals surface area contributed by atoms with Crippen LogP contribution < -0.4 is 16.0 Å². The number of hydrogen-bond acceptors (Lipinski definition) is 6. The number of rotatable bonds is 8. The lowest BCUT2D eigenvalue weighted by molar-refractivity contribution is -0.141. The highest BCUT2D eigenvalue weighted by atomic mass is 19.4. The largest absolute Gasteiger partial charge is 0.465 e. The number of benzene rings is 3. The second-order valence-corrected chi connectivity index (χ2v) is 11.0. The molecule has 0 spiro atoms. The van der Waals surface area contributed by atoms with E-state index in [2.05, 4.69) is 21.0 Å². The number of aromatic nitrogens is 2. The highest BCUT2D eigenvalue weighted by Crippen LogP contribution is 2.31. The molecule has 11 nitrogen and oxygen atoms in total. The van der Waals surface area contributed by atoms with Gasteiger partial charge in [0.2, 0.25) is 0 Å². The van der Waals surface area contributed by atoms with Gasteiger partial charge in [-0.3, -0.25) is 10.1 Å². The Balaban J connectivity index is 1.58. The van der Waals surface area contributed by atoms with Crippen LogP contribution in [0, 0.1) is 5.82 Å². The number of carboxylic acid groups (broad SMARTS) is 1. The SMILES string of the molecule is CC(C)(C)OC(=O)Nc1ccc(C(O)c2ccc(F)c(NC(=O)c3cc(C(F)(F)F)nn3-c3cccc(CNC(=O)O)c3)c2)cc1. The van der Waals surface area contributed by atoms with Crippen molar-refractivity contribution >= 4 is 29.5 Å². The molecule has 4 aromatic rings. The number of amides is 3. The van der Waals surface area contributed by atoms with E-state index >= 15 is 0 Å². The summed E-state index contributed by atoms with van der Waals surface area (Å²) in [6, 6.07) is 15.6. The first-order chi connectivity index (χ1) is 21.5. The van der Waals surface area contributed by atoms with E-state index in [1.807, 2.05) is 0 Å². The quantitative estimate of drug-likeness (QED) is 0.138. The third-order valence-corrected chi connectivity index (χ3v) is 6.26. The van der Waals surface area contributed by atoms with Crippen molar-refractivity contribution in [3.63, 3.8) is 0 Å². The summed E-state index contributed by atoms with van der Waals surface area (Å²) in [6.07, 6.45) is -8.22. The number of ether oxygens (including phenoxy) is 1. The maximum atomic E-state index is 14.8. The summed E-state index contributed by atoms with van der Waals surface area (Å²) in [5.41, 5.74) is -1.84. The maximum absolute atomic E-state index is 14.8. The summed E-state index contributed by atoms with van der Waals surface area (Å²) in [6.45, 7) is 4.97. The van der Waals surface area contributed by atoms with Gasteiger partial charge in [-0.2, -0.15) is 18.3 Å². The molecule has 1 atom stereocenters. The summed E-state index contributed by atoms with van der Waals surface area (Å²) in [7, 11) is 0. The molecule has 4 rings (SSSR count). The molecule has 1 aromatic heterocycles. The number of nitrogens with one attached hydrogen (secondary N) is 3. The van der Waals surface area contributed by atoms with E-state index in [9.17, 15) is 37.1 Å². The number of anilines is 2.